The van der Waals surface area contributed by atoms with Gasteiger partial charge in [-0.05, 0) is 42.5 Å². The van der Waals surface area contributed by atoms with E-state index in [9.17, 15) is 5.11 Å². The molecular weight excluding hydrogens is 316 g/mol. The van der Waals surface area contributed by atoms with Gasteiger partial charge >= 0.3 is 0 Å². The number of aromatic hydroxyl groups is 1. The number of phenols is 1. The monoisotopic (exact) mass is 332 g/mol. The number of aromatic amines is 1. The van der Waals surface area contributed by atoms with Crippen molar-refractivity contribution in [2.75, 3.05) is 12.4 Å². The number of methoxy groups -OCH3 is 1. The highest BCUT2D eigenvalue weighted by Gasteiger charge is 2.10. The second-order valence-electron chi connectivity index (χ2n) is 5.54. The maximum Gasteiger partial charge on any atom is 0.158 e. The van der Waals surface area contributed by atoms with E-state index in [2.05, 4.69) is 20.3 Å². The molecule has 0 fully saturated rings. The summed E-state index contributed by atoms with van der Waals surface area (Å²) in [4.78, 5) is 12.3. The maximum atomic E-state index is 9.61. The van der Waals surface area contributed by atoms with Crippen molar-refractivity contribution < 1.29 is 9.84 Å². The number of hydrogen-bond donors (Lipinski definition) is 3. The largest absolute Gasteiger partial charge is 0.508 e. The Kier molecular flexibility index (Phi) is 3.70. The number of imidazole rings is 1. The van der Waals surface area contributed by atoms with Gasteiger partial charge < -0.3 is 20.1 Å². The maximum absolute atomic E-state index is 9.61. The van der Waals surface area contributed by atoms with Crippen LogP contribution < -0.4 is 10.1 Å². The molecule has 4 rings (SSSR count). The standard InChI is InChI=1S/C19H16N4O2/c1-25-15-7-5-12(6-8-15)18-22-16-9-10-20-19(17(16)23-18)21-13-3-2-4-14(24)11-13/h2-11,24H,1H3,(H,20,21)(H,22,23). The van der Waals surface area contributed by atoms with E-state index < -0.39 is 0 Å². The molecule has 0 atom stereocenters. The Labute approximate surface area is 144 Å². The second-order valence-corrected chi connectivity index (χ2v) is 5.54. The first-order valence-corrected chi connectivity index (χ1v) is 7.78. The average Bonchev–Trinajstić information content (AvgIpc) is 3.07. The van der Waals surface area contributed by atoms with E-state index in [4.69, 9.17) is 4.74 Å². The molecule has 6 nitrogen and oxygen atoms in total. The summed E-state index contributed by atoms with van der Waals surface area (Å²) >= 11 is 0. The number of anilines is 2. The smallest absolute Gasteiger partial charge is 0.158 e. The van der Waals surface area contributed by atoms with Gasteiger partial charge in [0.25, 0.3) is 0 Å². The van der Waals surface area contributed by atoms with Crippen LogP contribution in [0.4, 0.5) is 11.5 Å². The Balaban J connectivity index is 1.73. The van der Waals surface area contributed by atoms with Crippen molar-refractivity contribution in [1.82, 2.24) is 15.0 Å². The van der Waals surface area contributed by atoms with Gasteiger partial charge in [-0.3, -0.25) is 0 Å². The number of ether oxygens (including phenoxy) is 1. The summed E-state index contributed by atoms with van der Waals surface area (Å²) in [5.41, 5.74) is 3.31. The van der Waals surface area contributed by atoms with Crippen molar-refractivity contribution in [1.29, 1.82) is 0 Å². The summed E-state index contributed by atoms with van der Waals surface area (Å²) in [6, 6.07) is 16.5. The van der Waals surface area contributed by atoms with Crippen LogP contribution in [0, 0.1) is 0 Å². The molecule has 0 saturated heterocycles. The zero-order valence-electron chi connectivity index (χ0n) is 13.5. The highest BCUT2D eigenvalue weighted by molar-refractivity contribution is 5.90. The lowest BCUT2D eigenvalue weighted by atomic mass is 10.2. The fourth-order valence-electron chi connectivity index (χ4n) is 2.63. The van der Waals surface area contributed by atoms with Crippen LogP contribution >= 0.6 is 0 Å². The minimum atomic E-state index is 0.193. The van der Waals surface area contributed by atoms with E-state index in [-0.39, 0.29) is 5.75 Å². The fraction of sp³-hybridized carbons (Fsp3) is 0.0526. The van der Waals surface area contributed by atoms with Crippen molar-refractivity contribution in [3.05, 3.63) is 60.8 Å². The van der Waals surface area contributed by atoms with Crippen molar-refractivity contribution in [3.63, 3.8) is 0 Å². The summed E-state index contributed by atoms with van der Waals surface area (Å²) in [5, 5.41) is 12.8. The summed E-state index contributed by atoms with van der Waals surface area (Å²) in [6.45, 7) is 0. The van der Waals surface area contributed by atoms with Gasteiger partial charge in [0, 0.05) is 23.5 Å². The highest BCUT2D eigenvalue weighted by Crippen LogP contribution is 2.28. The molecule has 0 spiro atoms. The molecule has 3 N–H and O–H groups in total. The number of rotatable bonds is 4. The summed E-state index contributed by atoms with van der Waals surface area (Å²) < 4.78 is 5.19. The molecule has 25 heavy (non-hydrogen) atoms. The molecule has 4 aromatic rings. The molecule has 124 valence electrons. The third-order valence-corrected chi connectivity index (χ3v) is 3.87. The number of pyridine rings is 1. The fourth-order valence-corrected chi connectivity index (χ4v) is 2.63. The molecule has 2 aromatic carbocycles. The third kappa shape index (κ3) is 2.97. The number of H-pyrrole nitrogens is 1. The van der Waals surface area contributed by atoms with Gasteiger partial charge in [0.2, 0.25) is 0 Å². The van der Waals surface area contributed by atoms with E-state index in [1.54, 1.807) is 31.5 Å². The molecule has 2 heterocycles. The Bertz CT molecular complexity index is 1030. The van der Waals surface area contributed by atoms with Gasteiger partial charge in [0.15, 0.2) is 5.82 Å². The second kappa shape index (κ2) is 6.16. The number of benzene rings is 2. The van der Waals surface area contributed by atoms with Gasteiger partial charge in [-0.15, -0.1) is 0 Å². The van der Waals surface area contributed by atoms with Crippen LogP contribution in [-0.2, 0) is 0 Å². The normalized spacial score (nSPS) is 10.8. The molecule has 0 amide bonds. The molecule has 0 bridgehead atoms. The molecule has 0 aliphatic carbocycles. The number of hydrogen-bond acceptors (Lipinski definition) is 5. The zero-order valence-corrected chi connectivity index (χ0v) is 13.5. The topological polar surface area (TPSA) is 83.1 Å². The predicted molar refractivity (Wildman–Crippen MR) is 97.3 cm³/mol. The van der Waals surface area contributed by atoms with Crippen molar-refractivity contribution in [2.45, 2.75) is 0 Å². The van der Waals surface area contributed by atoms with Gasteiger partial charge in [-0.25, -0.2) is 9.97 Å². The van der Waals surface area contributed by atoms with Gasteiger partial charge in [-0.2, -0.15) is 0 Å². The molecule has 0 unspecified atom stereocenters. The first-order valence-electron chi connectivity index (χ1n) is 7.78. The molecule has 0 aliphatic heterocycles. The zero-order chi connectivity index (χ0) is 17.2. The van der Waals surface area contributed by atoms with Crippen molar-refractivity contribution in [3.8, 4) is 22.9 Å². The van der Waals surface area contributed by atoms with Crippen LogP contribution in [-0.4, -0.2) is 27.2 Å². The number of aromatic nitrogens is 3. The number of nitrogens with one attached hydrogen (secondary N) is 2. The van der Waals surface area contributed by atoms with Crippen molar-refractivity contribution >= 4 is 22.5 Å². The number of fused-ring (bicyclic) bond motifs is 1. The number of phenolic OH excluding ortho intramolecular Hbond substituents is 1. The molecule has 2 aromatic heterocycles. The van der Waals surface area contributed by atoms with E-state index >= 15 is 0 Å². The Morgan fingerprint density at radius 3 is 2.68 bits per heavy atom. The van der Waals surface area contributed by atoms with Crippen LogP contribution in [0.5, 0.6) is 11.5 Å². The molecule has 0 aliphatic rings. The number of nitrogens with zero attached hydrogens (tertiary/aromatic N) is 2. The lowest BCUT2D eigenvalue weighted by molar-refractivity contribution is 0.415. The summed E-state index contributed by atoms with van der Waals surface area (Å²) in [5.74, 6) is 2.37. The van der Waals surface area contributed by atoms with Crippen LogP contribution in [0.15, 0.2) is 60.8 Å². The van der Waals surface area contributed by atoms with E-state index in [0.29, 0.717) is 5.82 Å². The van der Waals surface area contributed by atoms with Gasteiger partial charge in [-0.1, -0.05) is 6.07 Å². The summed E-state index contributed by atoms with van der Waals surface area (Å²) in [6.07, 6.45) is 1.71. The minimum Gasteiger partial charge on any atom is -0.508 e. The Morgan fingerprint density at radius 1 is 1.08 bits per heavy atom. The van der Waals surface area contributed by atoms with Crippen LogP contribution in [0.1, 0.15) is 0 Å². The minimum absolute atomic E-state index is 0.193. The lowest BCUT2D eigenvalue weighted by Crippen LogP contribution is -1.94. The Hall–Kier alpha value is -3.54. The predicted octanol–water partition coefficient (Wildman–Crippen LogP) is 4.08. The summed E-state index contributed by atoms with van der Waals surface area (Å²) in [7, 11) is 1.64. The lowest BCUT2D eigenvalue weighted by Gasteiger charge is -2.06. The van der Waals surface area contributed by atoms with Gasteiger partial charge in [0.05, 0.1) is 12.6 Å². The van der Waals surface area contributed by atoms with Crippen LogP contribution in [0.25, 0.3) is 22.4 Å². The van der Waals surface area contributed by atoms with E-state index in [1.165, 1.54) is 0 Å². The van der Waals surface area contributed by atoms with Crippen molar-refractivity contribution in [2.24, 2.45) is 0 Å². The average molecular weight is 332 g/mol. The van der Waals surface area contributed by atoms with Gasteiger partial charge in [0.1, 0.15) is 22.8 Å². The molecule has 0 radical (unpaired) electrons. The third-order valence-electron chi connectivity index (χ3n) is 3.87. The SMILES string of the molecule is COc1ccc(-c2nc3c(Nc4cccc(O)c4)nccc3[nH]2)cc1. The Morgan fingerprint density at radius 2 is 1.92 bits per heavy atom. The molecule has 0 saturated carbocycles. The first kappa shape index (κ1) is 15.0. The quantitative estimate of drug-likeness (QED) is 0.524. The van der Waals surface area contributed by atoms with Crippen LogP contribution in [0.2, 0.25) is 0 Å². The first-order chi connectivity index (χ1) is 12.2. The molecule has 6 heteroatoms. The van der Waals surface area contributed by atoms with Crippen LogP contribution in [0.3, 0.4) is 0 Å². The van der Waals surface area contributed by atoms with E-state index in [0.717, 1.165) is 33.9 Å². The van der Waals surface area contributed by atoms with E-state index in [1.807, 2.05) is 36.4 Å². The highest BCUT2D eigenvalue weighted by atomic mass is 16.5. The molecular formula is C19H16N4O2.